The van der Waals surface area contributed by atoms with Crippen LogP contribution in [-0.2, 0) is 4.79 Å². The quantitative estimate of drug-likeness (QED) is 0.785. The Balaban J connectivity index is 1.86. The van der Waals surface area contributed by atoms with E-state index < -0.39 is 0 Å². The van der Waals surface area contributed by atoms with E-state index in [0.717, 1.165) is 24.2 Å². The van der Waals surface area contributed by atoms with E-state index in [1.165, 1.54) is 0 Å². The first-order valence-electron chi connectivity index (χ1n) is 7.02. The number of amides is 1. The molecule has 0 aromatic heterocycles. The molecule has 1 aliphatic carbocycles. The monoisotopic (exact) mass is 277 g/mol. The minimum Gasteiger partial charge on any atom is -0.395 e. The Morgan fingerprint density at radius 1 is 1.30 bits per heavy atom. The lowest BCUT2D eigenvalue weighted by Gasteiger charge is -2.20. The van der Waals surface area contributed by atoms with E-state index >= 15 is 0 Å². The molecule has 1 aliphatic rings. The molecule has 5 nitrogen and oxygen atoms in total. The third-order valence-corrected chi connectivity index (χ3v) is 3.46. The molecule has 0 bridgehead atoms. The maximum atomic E-state index is 12.0. The Kier molecular flexibility index (Phi) is 4.98. The molecule has 1 saturated carbocycles. The highest BCUT2D eigenvalue weighted by Crippen LogP contribution is 2.26. The Morgan fingerprint density at radius 3 is 2.45 bits per heavy atom. The third kappa shape index (κ3) is 4.21. The smallest absolute Gasteiger partial charge is 0.238 e. The lowest BCUT2D eigenvalue weighted by Crippen LogP contribution is -2.36. The summed E-state index contributed by atoms with van der Waals surface area (Å²) in [5, 5.41) is 11.9. The van der Waals surface area contributed by atoms with Crippen LogP contribution in [0.4, 0.5) is 11.4 Å². The van der Waals surface area contributed by atoms with Gasteiger partial charge < -0.3 is 15.3 Å². The number of carbonyl (C=O) groups excluding carboxylic acids is 1. The molecule has 5 heteroatoms. The van der Waals surface area contributed by atoms with E-state index in [-0.39, 0.29) is 12.5 Å². The van der Waals surface area contributed by atoms with Gasteiger partial charge in [-0.05, 0) is 37.1 Å². The lowest BCUT2D eigenvalue weighted by atomic mass is 10.2. The molecule has 0 radical (unpaired) electrons. The zero-order chi connectivity index (χ0) is 14.5. The molecular formula is C15H23N3O2. The molecule has 20 heavy (non-hydrogen) atoms. The molecule has 1 aromatic rings. The van der Waals surface area contributed by atoms with Gasteiger partial charge in [0.25, 0.3) is 0 Å². The molecule has 0 saturated heterocycles. The maximum Gasteiger partial charge on any atom is 0.238 e. The van der Waals surface area contributed by atoms with Crippen molar-refractivity contribution in [2.45, 2.75) is 18.9 Å². The highest BCUT2D eigenvalue weighted by atomic mass is 16.3. The molecule has 0 atom stereocenters. The number of benzene rings is 1. The number of anilines is 2. The van der Waals surface area contributed by atoms with Crippen LogP contribution >= 0.6 is 0 Å². The molecule has 0 aliphatic heterocycles. The summed E-state index contributed by atoms with van der Waals surface area (Å²) >= 11 is 0. The summed E-state index contributed by atoms with van der Waals surface area (Å²) < 4.78 is 0. The highest BCUT2D eigenvalue weighted by Gasteiger charge is 2.29. The lowest BCUT2D eigenvalue weighted by molar-refractivity contribution is -0.117. The summed E-state index contributed by atoms with van der Waals surface area (Å²) in [5.74, 6) is -0.0250. The second-order valence-corrected chi connectivity index (χ2v) is 5.41. The number of carbonyl (C=O) groups is 1. The van der Waals surface area contributed by atoms with Gasteiger partial charge in [-0.1, -0.05) is 0 Å². The van der Waals surface area contributed by atoms with E-state index in [4.69, 9.17) is 5.11 Å². The number of aliphatic hydroxyl groups is 1. The number of aliphatic hydroxyl groups excluding tert-OH is 1. The summed E-state index contributed by atoms with van der Waals surface area (Å²) in [7, 11) is 3.96. The normalized spacial score (nSPS) is 14.4. The molecular weight excluding hydrogens is 254 g/mol. The van der Waals surface area contributed by atoms with Gasteiger partial charge >= 0.3 is 0 Å². The van der Waals surface area contributed by atoms with E-state index in [1.807, 2.05) is 48.2 Å². The maximum absolute atomic E-state index is 12.0. The van der Waals surface area contributed by atoms with Gasteiger partial charge in [-0.2, -0.15) is 0 Å². The summed E-state index contributed by atoms with van der Waals surface area (Å²) in [6.45, 7) is 1.01. The first kappa shape index (κ1) is 14.8. The topological polar surface area (TPSA) is 55.8 Å². The van der Waals surface area contributed by atoms with Crippen molar-refractivity contribution in [1.82, 2.24) is 4.90 Å². The summed E-state index contributed by atoms with van der Waals surface area (Å²) in [5.41, 5.74) is 1.91. The van der Waals surface area contributed by atoms with Gasteiger partial charge in [0.15, 0.2) is 0 Å². The van der Waals surface area contributed by atoms with E-state index in [9.17, 15) is 4.79 Å². The van der Waals surface area contributed by atoms with Crippen LogP contribution in [0, 0.1) is 0 Å². The molecule has 1 aromatic carbocycles. The van der Waals surface area contributed by atoms with Crippen LogP contribution in [0.1, 0.15) is 12.8 Å². The SMILES string of the molecule is CN(C)c1ccc(NC(=O)CN(CCO)C2CC2)cc1. The minimum atomic E-state index is -0.0250. The van der Waals surface area contributed by atoms with Gasteiger partial charge in [0.1, 0.15) is 0 Å². The van der Waals surface area contributed by atoms with Crippen molar-refractivity contribution in [3.8, 4) is 0 Å². The van der Waals surface area contributed by atoms with Gasteiger partial charge in [0.2, 0.25) is 5.91 Å². The second-order valence-electron chi connectivity index (χ2n) is 5.41. The van der Waals surface area contributed by atoms with Gasteiger partial charge in [0, 0.05) is 38.1 Å². The van der Waals surface area contributed by atoms with Crippen LogP contribution in [-0.4, -0.2) is 55.7 Å². The van der Waals surface area contributed by atoms with Gasteiger partial charge in [-0.15, -0.1) is 0 Å². The van der Waals surface area contributed by atoms with Crippen LogP contribution in [0.3, 0.4) is 0 Å². The predicted octanol–water partition coefficient (Wildman–Crippen LogP) is 1.15. The molecule has 2 rings (SSSR count). The molecule has 0 heterocycles. The number of rotatable bonds is 7. The zero-order valence-electron chi connectivity index (χ0n) is 12.2. The molecule has 0 unspecified atom stereocenters. The van der Waals surface area contributed by atoms with Crippen molar-refractivity contribution in [1.29, 1.82) is 0 Å². The zero-order valence-corrected chi connectivity index (χ0v) is 12.2. The molecule has 1 fully saturated rings. The minimum absolute atomic E-state index is 0.0250. The average molecular weight is 277 g/mol. The Labute approximate surface area is 120 Å². The third-order valence-electron chi connectivity index (χ3n) is 3.46. The van der Waals surface area contributed by atoms with Crippen molar-refractivity contribution in [3.63, 3.8) is 0 Å². The molecule has 1 amide bonds. The van der Waals surface area contributed by atoms with Gasteiger partial charge in [-0.3, -0.25) is 9.69 Å². The summed E-state index contributed by atoms with van der Waals surface area (Å²) in [4.78, 5) is 16.1. The average Bonchev–Trinajstić information content (AvgIpc) is 3.23. The van der Waals surface area contributed by atoms with Crippen molar-refractivity contribution in [2.24, 2.45) is 0 Å². The predicted molar refractivity (Wildman–Crippen MR) is 81.1 cm³/mol. The van der Waals surface area contributed by atoms with E-state index in [0.29, 0.717) is 19.1 Å². The standard InChI is InChI=1S/C15H23N3O2/c1-17(2)13-5-3-12(4-6-13)16-15(20)11-18(9-10-19)14-7-8-14/h3-6,14,19H,7-11H2,1-2H3,(H,16,20). The van der Waals surface area contributed by atoms with Gasteiger partial charge in [0.05, 0.1) is 13.2 Å². The Hall–Kier alpha value is -1.59. The fraction of sp³-hybridized carbons (Fsp3) is 0.533. The first-order chi connectivity index (χ1) is 9.60. The Morgan fingerprint density at radius 2 is 1.95 bits per heavy atom. The van der Waals surface area contributed by atoms with Crippen molar-refractivity contribution in [3.05, 3.63) is 24.3 Å². The van der Waals surface area contributed by atoms with Gasteiger partial charge in [-0.25, -0.2) is 0 Å². The summed E-state index contributed by atoms with van der Waals surface area (Å²) in [6.07, 6.45) is 2.26. The van der Waals surface area contributed by atoms with Crippen molar-refractivity contribution in [2.75, 3.05) is 44.0 Å². The van der Waals surface area contributed by atoms with Crippen LogP contribution in [0.2, 0.25) is 0 Å². The molecule has 110 valence electrons. The van der Waals surface area contributed by atoms with Crippen LogP contribution in [0.5, 0.6) is 0 Å². The number of hydrogen-bond acceptors (Lipinski definition) is 4. The number of nitrogens with zero attached hydrogens (tertiary/aromatic N) is 2. The number of nitrogens with one attached hydrogen (secondary N) is 1. The molecule has 0 spiro atoms. The van der Waals surface area contributed by atoms with Crippen molar-refractivity contribution < 1.29 is 9.90 Å². The van der Waals surface area contributed by atoms with Crippen LogP contribution < -0.4 is 10.2 Å². The highest BCUT2D eigenvalue weighted by molar-refractivity contribution is 5.92. The molecule has 2 N–H and O–H groups in total. The van der Waals surface area contributed by atoms with Crippen LogP contribution in [0.15, 0.2) is 24.3 Å². The first-order valence-corrected chi connectivity index (χ1v) is 7.02. The summed E-state index contributed by atoms with van der Waals surface area (Å²) in [6, 6.07) is 8.23. The van der Waals surface area contributed by atoms with E-state index in [2.05, 4.69) is 5.32 Å². The number of hydrogen-bond donors (Lipinski definition) is 2. The largest absolute Gasteiger partial charge is 0.395 e. The Bertz CT molecular complexity index is 441. The van der Waals surface area contributed by atoms with Crippen molar-refractivity contribution >= 4 is 17.3 Å². The fourth-order valence-electron chi connectivity index (χ4n) is 2.19. The fourth-order valence-corrected chi connectivity index (χ4v) is 2.19. The second kappa shape index (κ2) is 6.72. The van der Waals surface area contributed by atoms with Crippen LogP contribution in [0.25, 0.3) is 0 Å². The van der Waals surface area contributed by atoms with E-state index in [1.54, 1.807) is 0 Å².